The van der Waals surface area contributed by atoms with Crippen molar-refractivity contribution in [3.63, 3.8) is 0 Å². The Morgan fingerprint density at radius 3 is 2.08 bits per heavy atom. The molecule has 5 radical (unpaired) electrons. The van der Waals surface area contributed by atoms with Crippen molar-refractivity contribution >= 4 is 0 Å². The van der Waals surface area contributed by atoms with Crippen molar-refractivity contribution in [3.8, 4) is 0 Å². The van der Waals surface area contributed by atoms with Gasteiger partial charge in [0.15, 0.2) is 0 Å². The average Bonchev–Trinajstić information content (AvgIpc) is 1.92. The van der Waals surface area contributed by atoms with Gasteiger partial charge in [0.05, 0.1) is 0 Å². The molecule has 1 saturated carbocycles. The van der Waals surface area contributed by atoms with E-state index in [2.05, 4.69) is 53.9 Å². The molecular weight excluding hydrogens is 144 g/mol. The predicted molar refractivity (Wildman–Crippen MR) is 53.7 cm³/mol. The summed E-state index contributed by atoms with van der Waals surface area (Å²) in [5.74, 6) is 3.43. The van der Waals surface area contributed by atoms with E-state index in [1.165, 1.54) is 11.8 Å². The summed E-state index contributed by atoms with van der Waals surface area (Å²) in [7, 11) is 0. The van der Waals surface area contributed by atoms with Gasteiger partial charge in [-0.3, -0.25) is 0 Å². The Bertz CT molecular complexity index is 141. The van der Waals surface area contributed by atoms with Gasteiger partial charge in [0.1, 0.15) is 0 Å². The fraction of sp³-hybridized carbons (Fsp3) is 0.583. The van der Waals surface area contributed by atoms with Gasteiger partial charge in [-0.2, -0.15) is 0 Å². The standard InChI is InChI=1S/C12H19/c1-9-6-7-11(8-10(9)2)12(3,4)5/h6-8,11H,1-5H3. The van der Waals surface area contributed by atoms with E-state index in [0.29, 0.717) is 11.3 Å². The Labute approximate surface area is 77.7 Å². The highest BCUT2D eigenvalue weighted by atomic mass is 14.4. The third-order valence-corrected chi connectivity index (χ3v) is 2.61. The van der Waals surface area contributed by atoms with Crippen molar-refractivity contribution < 1.29 is 0 Å². The first-order chi connectivity index (χ1) is 5.41. The zero-order valence-corrected chi connectivity index (χ0v) is 8.81. The van der Waals surface area contributed by atoms with Crippen molar-refractivity contribution in [2.45, 2.75) is 34.6 Å². The molecule has 0 amide bonds. The fourth-order valence-corrected chi connectivity index (χ4v) is 1.37. The highest BCUT2D eigenvalue weighted by Crippen LogP contribution is 2.42. The smallest absolute Gasteiger partial charge is 0.0167 e. The van der Waals surface area contributed by atoms with Crippen LogP contribution >= 0.6 is 0 Å². The minimum atomic E-state index is 0.360. The van der Waals surface area contributed by atoms with E-state index in [1.54, 1.807) is 0 Å². The van der Waals surface area contributed by atoms with Crippen LogP contribution in [0.3, 0.4) is 0 Å². The maximum absolute atomic E-state index is 2.37. The molecule has 1 atom stereocenters. The molecule has 1 aliphatic carbocycles. The molecule has 0 N–H and O–H groups in total. The number of hydrogen-bond acceptors (Lipinski definition) is 0. The van der Waals surface area contributed by atoms with Crippen molar-refractivity contribution in [3.05, 3.63) is 31.1 Å². The van der Waals surface area contributed by atoms with Crippen LogP contribution in [0, 0.1) is 42.4 Å². The molecule has 0 heteroatoms. The van der Waals surface area contributed by atoms with Gasteiger partial charge < -0.3 is 0 Å². The molecule has 0 heterocycles. The predicted octanol–water partition coefficient (Wildman–Crippen LogP) is 3.46. The lowest BCUT2D eigenvalue weighted by Crippen LogP contribution is -2.29. The van der Waals surface area contributed by atoms with Crippen LogP contribution < -0.4 is 0 Å². The van der Waals surface area contributed by atoms with Crippen LogP contribution in [0.4, 0.5) is 0 Å². The topological polar surface area (TPSA) is 0 Å². The van der Waals surface area contributed by atoms with Gasteiger partial charge in [0.2, 0.25) is 0 Å². The van der Waals surface area contributed by atoms with Crippen LogP contribution in [0.1, 0.15) is 34.6 Å². The lowest BCUT2D eigenvalue weighted by atomic mass is 9.66. The SMILES string of the molecule is C[C]1[CH][CH]C(C(C)(C)C)[CH][C]1C. The normalized spacial score (nSPS) is 29.2. The Morgan fingerprint density at radius 1 is 1.08 bits per heavy atom. The molecule has 12 heavy (non-hydrogen) atoms. The summed E-state index contributed by atoms with van der Waals surface area (Å²) in [6.45, 7) is 11.2. The van der Waals surface area contributed by atoms with E-state index in [0.717, 1.165) is 0 Å². The molecule has 0 spiro atoms. The van der Waals surface area contributed by atoms with Gasteiger partial charge in [-0.1, -0.05) is 34.6 Å². The van der Waals surface area contributed by atoms with E-state index < -0.39 is 0 Å². The molecule has 1 aliphatic rings. The van der Waals surface area contributed by atoms with Crippen molar-refractivity contribution in [2.24, 2.45) is 11.3 Å². The lowest BCUT2D eigenvalue weighted by Gasteiger charge is -2.38. The van der Waals surface area contributed by atoms with Gasteiger partial charge in [0.25, 0.3) is 0 Å². The van der Waals surface area contributed by atoms with Gasteiger partial charge in [-0.25, -0.2) is 0 Å². The van der Waals surface area contributed by atoms with Crippen LogP contribution in [0.5, 0.6) is 0 Å². The monoisotopic (exact) mass is 163 g/mol. The second kappa shape index (κ2) is 3.40. The maximum Gasteiger partial charge on any atom is -0.0167 e. The average molecular weight is 163 g/mol. The summed E-state index contributed by atoms with van der Waals surface area (Å²) >= 11 is 0. The summed E-state index contributed by atoms with van der Waals surface area (Å²) in [5.41, 5.74) is 0.360. The van der Waals surface area contributed by atoms with Crippen molar-refractivity contribution in [1.82, 2.24) is 0 Å². The first-order valence-electron chi connectivity index (χ1n) is 4.62. The summed E-state index contributed by atoms with van der Waals surface area (Å²) in [4.78, 5) is 0. The number of rotatable bonds is 0. The van der Waals surface area contributed by atoms with Crippen LogP contribution in [0.2, 0.25) is 0 Å². The molecule has 0 aromatic carbocycles. The minimum Gasteiger partial charge on any atom is -0.0599 e. The van der Waals surface area contributed by atoms with Crippen LogP contribution in [0.25, 0.3) is 0 Å². The number of hydrogen-bond donors (Lipinski definition) is 0. The highest BCUT2D eigenvalue weighted by molar-refractivity contribution is 5.36. The summed E-state index contributed by atoms with van der Waals surface area (Å²) < 4.78 is 0. The van der Waals surface area contributed by atoms with Crippen LogP contribution in [0.15, 0.2) is 0 Å². The van der Waals surface area contributed by atoms with E-state index in [-0.39, 0.29) is 0 Å². The van der Waals surface area contributed by atoms with Gasteiger partial charge in [-0.05, 0) is 42.4 Å². The summed E-state index contributed by atoms with van der Waals surface area (Å²) in [5, 5.41) is 0. The second-order valence-corrected chi connectivity index (χ2v) is 4.78. The molecule has 0 aromatic rings. The third-order valence-electron chi connectivity index (χ3n) is 2.61. The van der Waals surface area contributed by atoms with Crippen molar-refractivity contribution in [2.75, 3.05) is 0 Å². The fourth-order valence-electron chi connectivity index (χ4n) is 1.37. The van der Waals surface area contributed by atoms with Crippen LogP contribution in [-0.4, -0.2) is 0 Å². The van der Waals surface area contributed by atoms with E-state index >= 15 is 0 Å². The minimum absolute atomic E-state index is 0.360. The molecule has 0 aliphatic heterocycles. The molecule has 67 valence electrons. The molecule has 0 nitrogen and oxygen atoms in total. The molecule has 0 saturated heterocycles. The first kappa shape index (κ1) is 10.1. The van der Waals surface area contributed by atoms with Gasteiger partial charge >= 0.3 is 0 Å². The highest BCUT2D eigenvalue weighted by Gasteiger charge is 2.32. The summed E-state index contributed by atoms with van der Waals surface area (Å²) in [6.07, 6.45) is 6.92. The lowest BCUT2D eigenvalue weighted by molar-refractivity contribution is 0.303. The quantitative estimate of drug-likeness (QED) is 0.513. The Morgan fingerprint density at radius 2 is 1.67 bits per heavy atom. The zero-order valence-electron chi connectivity index (χ0n) is 8.81. The van der Waals surface area contributed by atoms with E-state index in [1.807, 2.05) is 0 Å². The van der Waals surface area contributed by atoms with Crippen molar-refractivity contribution in [1.29, 1.82) is 0 Å². The Hall–Kier alpha value is 0. The first-order valence-corrected chi connectivity index (χ1v) is 4.62. The second-order valence-electron chi connectivity index (χ2n) is 4.78. The maximum atomic E-state index is 2.37. The Balaban J connectivity index is 2.51. The molecular formula is C12H19. The largest absolute Gasteiger partial charge is 0.0599 e. The zero-order chi connectivity index (χ0) is 9.35. The van der Waals surface area contributed by atoms with E-state index in [4.69, 9.17) is 0 Å². The van der Waals surface area contributed by atoms with E-state index in [9.17, 15) is 0 Å². The van der Waals surface area contributed by atoms with Crippen LogP contribution in [-0.2, 0) is 0 Å². The molecule has 0 bridgehead atoms. The molecule has 1 unspecified atom stereocenters. The molecule has 1 fully saturated rings. The molecule has 1 rings (SSSR count). The van der Waals surface area contributed by atoms with Gasteiger partial charge in [0, 0.05) is 0 Å². The molecule has 0 aromatic heterocycles. The third kappa shape index (κ3) is 2.24. The summed E-state index contributed by atoms with van der Waals surface area (Å²) in [6, 6.07) is 0. The Kier molecular flexibility index (Phi) is 2.85. The van der Waals surface area contributed by atoms with Gasteiger partial charge in [-0.15, -0.1) is 0 Å².